The molecule has 0 amide bonds. The average molecular weight is 260 g/mol. The van der Waals surface area contributed by atoms with Gasteiger partial charge in [0.15, 0.2) is 0 Å². The first-order chi connectivity index (χ1) is 9.06. The number of aliphatic hydroxyl groups is 1. The Morgan fingerprint density at radius 3 is 2.79 bits per heavy atom. The van der Waals surface area contributed by atoms with E-state index in [9.17, 15) is 15.2 Å². The van der Waals surface area contributed by atoms with Gasteiger partial charge in [0.1, 0.15) is 0 Å². The summed E-state index contributed by atoms with van der Waals surface area (Å²) in [6.45, 7) is 3.66. The summed E-state index contributed by atoms with van der Waals surface area (Å²) in [6.07, 6.45) is 1.58. The van der Waals surface area contributed by atoms with E-state index < -0.39 is 11.0 Å². The molecule has 1 aromatic heterocycles. The molecule has 100 valence electrons. The lowest BCUT2D eigenvalue weighted by Crippen LogP contribution is -2.16. The van der Waals surface area contributed by atoms with Crippen molar-refractivity contribution in [2.75, 3.05) is 0 Å². The van der Waals surface area contributed by atoms with Crippen LogP contribution in [0.5, 0.6) is 0 Å². The van der Waals surface area contributed by atoms with Crippen LogP contribution in [0.4, 0.5) is 5.69 Å². The molecule has 1 heterocycles. The Kier molecular flexibility index (Phi) is 3.76. The SMILES string of the molecule is CCC(O)C(C)c1ccc2ncccc2c1[N+](=O)[O-]. The maximum Gasteiger partial charge on any atom is 0.282 e. The molecule has 1 aromatic carbocycles. The first kappa shape index (κ1) is 13.4. The Morgan fingerprint density at radius 1 is 1.42 bits per heavy atom. The molecule has 2 aromatic rings. The fourth-order valence-electron chi connectivity index (χ4n) is 2.29. The first-order valence-corrected chi connectivity index (χ1v) is 6.26. The first-order valence-electron chi connectivity index (χ1n) is 6.26. The summed E-state index contributed by atoms with van der Waals surface area (Å²) in [5.74, 6) is -0.282. The van der Waals surface area contributed by atoms with Crippen molar-refractivity contribution in [1.29, 1.82) is 0 Å². The van der Waals surface area contributed by atoms with E-state index in [1.54, 1.807) is 37.4 Å². The molecule has 1 N–H and O–H groups in total. The van der Waals surface area contributed by atoms with Gasteiger partial charge in [-0.3, -0.25) is 15.1 Å². The van der Waals surface area contributed by atoms with Crippen LogP contribution in [0.25, 0.3) is 10.9 Å². The zero-order valence-corrected chi connectivity index (χ0v) is 10.9. The largest absolute Gasteiger partial charge is 0.393 e. The highest BCUT2D eigenvalue weighted by molar-refractivity contribution is 5.89. The van der Waals surface area contributed by atoms with Crippen LogP contribution in [0.1, 0.15) is 31.7 Å². The molecule has 2 rings (SSSR count). The number of aromatic nitrogens is 1. The molecule has 0 spiro atoms. The molecule has 0 aliphatic heterocycles. The van der Waals surface area contributed by atoms with Gasteiger partial charge in [-0.05, 0) is 30.7 Å². The highest BCUT2D eigenvalue weighted by Crippen LogP contribution is 2.35. The Labute approximate surface area is 111 Å². The summed E-state index contributed by atoms with van der Waals surface area (Å²) in [5, 5.41) is 21.8. The van der Waals surface area contributed by atoms with Crippen molar-refractivity contribution < 1.29 is 10.0 Å². The van der Waals surface area contributed by atoms with Crippen LogP contribution in [-0.4, -0.2) is 21.1 Å². The minimum Gasteiger partial charge on any atom is -0.393 e. The molecule has 0 bridgehead atoms. The Balaban J connectivity index is 2.67. The van der Waals surface area contributed by atoms with Crippen LogP contribution in [0, 0.1) is 10.1 Å². The highest BCUT2D eigenvalue weighted by Gasteiger charge is 2.26. The lowest BCUT2D eigenvalue weighted by atomic mass is 9.91. The second-order valence-electron chi connectivity index (χ2n) is 4.59. The molecule has 0 saturated carbocycles. The van der Waals surface area contributed by atoms with Crippen molar-refractivity contribution in [2.24, 2.45) is 0 Å². The topological polar surface area (TPSA) is 76.3 Å². The number of benzene rings is 1. The van der Waals surface area contributed by atoms with Gasteiger partial charge in [0.05, 0.1) is 21.9 Å². The van der Waals surface area contributed by atoms with Gasteiger partial charge in [-0.15, -0.1) is 0 Å². The quantitative estimate of drug-likeness (QED) is 0.677. The number of aliphatic hydroxyl groups excluding tert-OH is 1. The summed E-state index contributed by atoms with van der Waals surface area (Å²) in [7, 11) is 0. The zero-order valence-electron chi connectivity index (χ0n) is 10.9. The summed E-state index contributed by atoms with van der Waals surface area (Å²) in [6, 6.07) is 6.82. The number of rotatable bonds is 4. The van der Waals surface area contributed by atoms with E-state index in [1.807, 2.05) is 6.92 Å². The van der Waals surface area contributed by atoms with Crippen molar-refractivity contribution in [3.05, 3.63) is 46.1 Å². The van der Waals surface area contributed by atoms with Crippen molar-refractivity contribution in [1.82, 2.24) is 4.98 Å². The molecular formula is C14H16N2O3. The van der Waals surface area contributed by atoms with E-state index in [1.165, 1.54) is 0 Å². The number of pyridine rings is 1. The lowest BCUT2D eigenvalue weighted by Gasteiger charge is -2.18. The molecule has 0 saturated heterocycles. The van der Waals surface area contributed by atoms with E-state index in [-0.39, 0.29) is 11.6 Å². The number of hydrogen-bond acceptors (Lipinski definition) is 4. The molecule has 2 atom stereocenters. The van der Waals surface area contributed by atoms with Crippen molar-refractivity contribution in [3.8, 4) is 0 Å². The van der Waals surface area contributed by atoms with Gasteiger partial charge in [-0.25, -0.2) is 0 Å². The fraction of sp³-hybridized carbons (Fsp3) is 0.357. The molecule has 2 unspecified atom stereocenters. The molecule has 5 nitrogen and oxygen atoms in total. The second-order valence-corrected chi connectivity index (χ2v) is 4.59. The minimum atomic E-state index is -0.590. The van der Waals surface area contributed by atoms with E-state index in [2.05, 4.69) is 4.98 Å². The van der Waals surface area contributed by atoms with Crippen LogP contribution < -0.4 is 0 Å². The molecular weight excluding hydrogens is 244 g/mol. The van der Waals surface area contributed by atoms with Crippen molar-refractivity contribution in [3.63, 3.8) is 0 Å². The van der Waals surface area contributed by atoms with Gasteiger partial charge in [0.25, 0.3) is 5.69 Å². The van der Waals surface area contributed by atoms with Crippen LogP contribution in [-0.2, 0) is 0 Å². The van der Waals surface area contributed by atoms with Crippen molar-refractivity contribution in [2.45, 2.75) is 32.3 Å². The molecule has 0 radical (unpaired) electrons. The van der Waals surface area contributed by atoms with Gasteiger partial charge < -0.3 is 5.11 Å². The predicted octanol–water partition coefficient (Wildman–Crippen LogP) is 3.02. The summed E-state index contributed by atoms with van der Waals surface area (Å²) in [5.41, 5.74) is 1.20. The Bertz CT molecular complexity index is 613. The number of nitro benzene ring substituents is 1. The van der Waals surface area contributed by atoms with Crippen molar-refractivity contribution >= 4 is 16.6 Å². The third-order valence-corrected chi connectivity index (χ3v) is 3.46. The number of fused-ring (bicyclic) bond motifs is 1. The Hall–Kier alpha value is -2.01. The van der Waals surface area contributed by atoms with E-state index in [0.717, 1.165) is 0 Å². The standard InChI is InChI=1S/C14H16N2O3/c1-3-13(17)9(2)10-6-7-12-11(5-4-8-15-12)14(10)16(18)19/h4-9,13,17H,3H2,1-2H3. The van der Waals surface area contributed by atoms with E-state index >= 15 is 0 Å². The molecule has 0 fully saturated rings. The smallest absolute Gasteiger partial charge is 0.282 e. The maximum absolute atomic E-state index is 11.3. The highest BCUT2D eigenvalue weighted by atomic mass is 16.6. The van der Waals surface area contributed by atoms with Gasteiger partial charge >= 0.3 is 0 Å². The fourth-order valence-corrected chi connectivity index (χ4v) is 2.29. The summed E-state index contributed by atoms with van der Waals surface area (Å²) in [4.78, 5) is 15.1. The average Bonchev–Trinajstić information content (AvgIpc) is 2.44. The van der Waals surface area contributed by atoms with Crippen LogP contribution in [0.2, 0.25) is 0 Å². The molecule has 0 aliphatic rings. The number of nitrogens with zero attached hydrogens (tertiary/aromatic N) is 2. The molecule has 19 heavy (non-hydrogen) atoms. The zero-order chi connectivity index (χ0) is 14.0. The normalized spacial score (nSPS) is 14.3. The van der Waals surface area contributed by atoms with Crippen LogP contribution in [0.3, 0.4) is 0 Å². The monoisotopic (exact) mass is 260 g/mol. The second kappa shape index (κ2) is 5.32. The minimum absolute atomic E-state index is 0.0469. The van der Waals surface area contributed by atoms with Crippen LogP contribution >= 0.6 is 0 Å². The predicted molar refractivity (Wildman–Crippen MR) is 73.1 cm³/mol. The van der Waals surface area contributed by atoms with Gasteiger partial charge in [0.2, 0.25) is 0 Å². The van der Waals surface area contributed by atoms with Gasteiger partial charge in [-0.2, -0.15) is 0 Å². The lowest BCUT2D eigenvalue weighted by molar-refractivity contribution is -0.384. The van der Waals surface area contributed by atoms with Gasteiger partial charge in [0, 0.05) is 17.7 Å². The van der Waals surface area contributed by atoms with E-state index in [4.69, 9.17) is 0 Å². The van der Waals surface area contributed by atoms with Crippen LogP contribution in [0.15, 0.2) is 30.5 Å². The van der Waals surface area contributed by atoms with E-state index in [0.29, 0.717) is 22.9 Å². The summed E-state index contributed by atoms with van der Waals surface area (Å²) >= 11 is 0. The molecule has 0 aliphatic carbocycles. The number of nitro groups is 1. The summed E-state index contributed by atoms with van der Waals surface area (Å²) < 4.78 is 0. The Morgan fingerprint density at radius 2 is 2.16 bits per heavy atom. The third-order valence-electron chi connectivity index (χ3n) is 3.46. The maximum atomic E-state index is 11.3. The number of hydrogen-bond donors (Lipinski definition) is 1. The molecule has 5 heteroatoms. The van der Waals surface area contributed by atoms with Gasteiger partial charge in [-0.1, -0.05) is 13.8 Å². The third kappa shape index (κ3) is 2.42.